The van der Waals surface area contributed by atoms with Crippen molar-refractivity contribution in [1.29, 1.82) is 0 Å². The number of benzene rings is 3. The molecule has 0 radical (unpaired) electrons. The average molecular weight is 580 g/mol. The highest BCUT2D eigenvalue weighted by Crippen LogP contribution is 2.65. The Morgan fingerprint density at radius 2 is 1.58 bits per heavy atom. The van der Waals surface area contributed by atoms with Gasteiger partial charge in [-0.2, -0.15) is 0 Å². The maximum atomic E-state index is 13.9. The van der Waals surface area contributed by atoms with Gasteiger partial charge in [0.1, 0.15) is 16.0 Å². The van der Waals surface area contributed by atoms with Gasteiger partial charge in [-0.15, -0.1) is 23.2 Å². The number of carbonyl (C=O) groups excluding carboxylic acids is 2. The molecule has 188 valence electrons. The van der Waals surface area contributed by atoms with E-state index in [0.29, 0.717) is 11.6 Å². The van der Waals surface area contributed by atoms with E-state index >= 15 is 0 Å². The molecule has 0 aromatic heterocycles. The first-order valence-electron chi connectivity index (χ1n) is 10.2. The molecule has 4 rings (SSSR count). The van der Waals surface area contributed by atoms with E-state index in [1.54, 1.807) is 0 Å². The van der Waals surface area contributed by atoms with Crippen molar-refractivity contribution < 1.29 is 27.2 Å². The largest absolute Gasteiger partial charge is 0.326 e. The second-order valence-electron chi connectivity index (χ2n) is 7.97. The number of hydrogen-bond acceptors (Lipinski definition) is 2. The van der Waals surface area contributed by atoms with E-state index in [4.69, 9.17) is 46.4 Å². The van der Waals surface area contributed by atoms with Gasteiger partial charge in [-0.1, -0.05) is 29.3 Å². The molecule has 0 heterocycles. The number of rotatable bonds is 6. The summed E-state index contributed by atoms with van der Waals surface area (Å²) in [6, 6.07) is 10.5. The molecule has 1 saturated carbocycles. The van der Waals surface area contributed by atoms with Crippen LogP contribution in [0.2, 0.25) is 10.0 Å². The van der Waals surface area contributed by atoms with Gasteiger partial charge >= 0.3 is 0 Å². The molecule has 0 saturated heterocycles. The number of carbonyl (C=O) groups is 2. The Morgan fingerprint density at radius 1 is 0.889 bits per heavy atom. The fraction of sp³-hybridized carbons (Fsp3) is 0.167. The van der Waals surface area contributed by atoms with Gasteiger partial charge in [0, 0.05) is 28.3 Å². The molecular weight excluding hydrogens is 566 g/mol. The molecular formula is C24H14Cl4F4N2O2. The molecule has 0 spiro atoms. The van der Waals surface area contributed by atoms with Gasteiger partial charge in [0.05, 0.1) is 22.2 Å². The molecule has 3 aromatic carbocycles. The minimum absolute atomic E-state index is 0.00189. The molecule has 3 aromatic rings. The summed E-state index contributed by atoms with van der Waals surface area (Å²) in [6.07, 6.45) is -2.83. The summed E-state index contributed by atoms with van der Waals surface area (Å²) >= 11 is 24.5. The van der Waals surface area contributed by atoms with E-state index in [1.165, 1.54) is 30.3 Å². The van der Waals surface area contributed by atoms with Crippen LogP contribution in [0.4, 0.5) is 28.9 Å². The molecule has 2 amide bonds. The third-order valence-electron chi connectivity index (χ3n) is 5.61. The fourth-order valence-corrected chi connectivity index (χ4v) is 5.00. The predicted molar refractivity (Wildman–Crippen MR) is 131 cm³/mol. The van der Waals surface area contributed by atoms with Gasteiger partial charge in [-0.3, -0.25) is 9.59 Å². The molecule has 0 unspecified atom stereocenters. The normalized spacial score (nSPS) is 18.1. The summed E-state index contributed by atoms with van der Waals surface area (Å²) in [5, 5.41) is 4.72. The van der Waals surface area contributed by atoms with Crippen molar-refractivity contribution in [1.82, 2.24) is 0 Å². The zero-order valence-electron chi connectivity index (χ0n) is 17.8. The Hall–Kier alpha value is -2.52. The van der Waals surface area contributed by atoms with E-state index in [1.807, 2.05) is 0 Å². The first kappa shape index (κ1) is 26.5. The van der Waals surface area contributed by atoms with Crippen LogP contribution in [0.5, 0.6) is 0 Å². The van der Waals surface area contributed by atoms with Gasteiger partial charge in [0.15, 0.2) is 0 Å². The van der Waals surface area contributed by atoms with Crippen LogP contribution in [-0.4, -0.2) is 16.1 Å². The lowest BCUT2D eigenvalue weighted by molar-refractivity contribution is -0.117. The van der Waals surface area contributed by atoms with Gasteiger partial charge in [0.2, 0.25) is 5.91 Å². The molecule has 12 heteroatoms. The van der Waals surface area contributed by atoms with Crippen molar-refractivity contribution in [2.75, 3.05) is 10.6 Å². The summed E-state index contributed by atoms with van der Waals surface area (Å²) in [6.45, 7) is 0. The first-order chi connectivity index (χ1) is 16.9. The number of alkyl halides is 4. The minimum atomic E-state index is -2.83. The Labute approximate surface area is 222 Å². The molecule has 36 heavy (non-hydrogen) atoms. The van der Waals surface area contributed by atoms with Crippen molar-refractivity contribution in [2.45, 2.75) is 16.7 Å². The van der Waals surface area contributed by atoms with Crippen molar-refractivity contribution >= 4 is 69.6 Å². The second-order valence-corrected chi connectivity index (χ2v) is 10.2. The van der Waals surface area contributed by atoms with Crippen molar-refractivity contribution in [3.8, 4) is 0 Å². The Morgan fingerprint density at radius 3 is 2.25 bits per heavy atom. The number of amides is 2. The lowest BCUT2D eigenvalue weighted by Crippen LogP contribution is -2.18. The Kier molecular flexibility index (Phi) is 7.44. The zero-order valence-corrected chi connectivity index (χ0v) is 20.8. The van der Waals surface area contributed by atoms with Crippen molar-refractivity contribution in [3.63, 3.8) is 0 Å². The topological polar surface area (TPSA) is 58.2 Å². The number of halogens is 8. The summed E-state index contributed by atoms with van der Waals surface area (Å²) in [4.78, 5) is 25.5. The average Bonchev–Trinajstić information content (AvgIpc) is 3.39. The van der Waals surface area contributed by atoms with Gasteiger partial charge in [-0.05, 0) is 48.0 Å². The second kappa shape index (κ2) is 10.1. The highest BCUT2D eigenvalue weighted by molar-refractivity contribution is 6.53. The summed E-state index contributed by atoms with van der Waals surface area (Å²) in [7, 11) is 0. The van der Waals surface area contributed by atoms with E-state index in [2.05, 4.69) is 10.6 Å². The van der Waals surface area contributed by atoms with E-state index < -0.39 is 51.6 Å². The smallest absolute Gasteiger partial charge is 0.265 e. The van der Waals surface area contributed by atoms with Gasteiger partial charge in [0.25, 0.3) is 12.3 Å². The van der Waals surface area contributed by atoms with Gasteiger partial charge in [-0.25, -0.2) is 17.6 Å². The first-order valence-corrected chi connectivity index (χ1v) is 11.7. The maximum absolute atomic E-state index is 13.9. The quantitative estimate of drug-likeness (QED) is 0.230. The van der Waals surface area contributed by atoms with Crippen LogP contribution < -0.4 is 10.6 Å². The molecule has 4 nitrogen and oxygen atoms in total. The van der Waals surface area contributed by atoms with Crippen LogP contribution in [-0.2, 0) is 4.79 Å². The van der Waals surface area contributed by atoms with Crippen LogP contribution >= 0.6 is 46.4 Å². The highest BCUT2D eigenvalue weighted by atomic mass is 35.5. The van der Waals surface area contributed by atoms with Gasteiger partial charge < -0.3 is 10.6 Å². The van der Waals surface area contributed by atoms with Crippen LogP contribution in [0.1, 0.15) is 33.8 Å². The molecule has 2 N–H and O–H groups in total. The molecule has 2 atom stereocenters. The third-order valence-corrected chi connectivity index (χ3v) is 7.22. The summed E-state index contributed by atoms with van der Waals surface area (Å²) in [5.41, 5.74) is -0.318. The predicted octanol–water partition coefficient (Wildman–Crippen LogP) is 7.99. The van der Waals surface area contributed by atoms with Crippen molar-refractivity contribution in [2.24, 2.45) is 5.92 Å². The minimum Gasteiger partial charge on any atom is -0.326 e. The molecule has 1 aliphatic carbocycles. The van der Waals surface area contributed by atoms with Crippen LogP contribution in [0.3, 0.4) is 0 Å². The lowest BCUT2D eigenvalue weighted by atomic mass is 10.1. The lowest BCUT2D eigenvalue weighted by Gasteiger charge is -2.11. The summed E-state index contributed by atoms with van der Waals surface area (Å²) < 4.78 is 51.9. The van der Waals surface area contributed by atoms with E-state index in [-0.39, 0.29) is 27.0 Å². The highest BCUT2D eigenvalue weighted by Gasteiger charge is 2.67. The SMILES string of the molecule is O=C(Nc1ccc(F)cc1F)c1cc(NC(=O)[C@@H]2[C@@H](c3ccc(Cl)c(C(F)F)c3)C2(Cl)Cl)ccc1Cl. The maximum Gasteiger partial charge on any atom is 0.265 e. The number of nitrogens with one attached hydrogen (secondary N) is 2. The van der Waals surface area contributed by atoms with E-state index in [9.17, 15) is 27.2 Å². The van der Waals surface area contributed by atoms with E-state index in [0.717, 1.165) is 18.2 Å². The zero-order chi connectivity index (χ0) is 26.4. The third kappa shape index (κ3) is 5.27. The Balaban J connectivity index is 1.52. The number of anilines is 2. The van der Waals surface area contributed by atoms with Crippen LogP contribution in [0, 0.1) is 17.6 Å². The Bertz CT molecular complexity index is 1370. The monoisotopic (exact) mass is 578 g/mol. The molecule has 1 aliphatic rings. The molecule has 0 aliphatic heterocycles. The van der Waals surface area contributed by atoms with Crippen LogP contribution in [0.25, 0.3) is 0 Å². The van der Waals surface area contributed by atoms with Crippen LogP contribution in [0.15, 0.2) is 54.6 Å². The van der Waals surface area contributed by atoms with Crippen molar-refractivity contribution in [3.05, 3.63) is 93.0 Å². The molecule has 1 fully saturated rings. The summed E-state index contributed by atoms with van der Waals surface area (Å²) in [5.74, 6) is -5.01. The molecule has 0 bridgehead atoms. The fourth-order valence-electron chi connectivity index (χ4n) is 3.77. The number of hydrogen-bond donors (Lipinski definition) is 2. The standard InChI is InChI=1S/C24H14Cl4F4N2O2/c25-15-4-1-10(7-13(15)21(31)32)19-20(24(19,27)28)23(36)33-12-3-5-16(26)14(9-12)22(35)34-18-6-2-11(29)8-17(18)30/h1-9,19-21H,(H,33,36)(H,34,35)/t19-,20+/m1/s1.